The summed E-state index contributed by atoms with van der Waals surface area (Å²) in [5, 5.41) is 0. The van der Waals surface area contributed by atoms with Gasteiger partial charge < -0.3 is 9.88 Å². The van der Waals surface area contributed by atoms with Crippen molar-refractivity contribution >= 4 is 17.0 Å². The van der Waals surface area contributed by atoms with Gasteiger partial charge in [-0.15, -0.1) is 0 Å². The zero-order valence-corrected chi connectivity index (χ0v) is 12.0. The Labute approximate surface area is 123 Å². The molecule has 21 heavy (non-hydrogen) atoms. The molecule has 0 amide bonds. The van der Waals surface area contributed by atoms with Crippen LogP contribution in [0.15, 0.2) is 43.0 Å². The number of likely N-dealkylation sites (N-methyl/N-ethyl adjacent to an activating group) is 1. The predicted molar refractivity (Wildman–Crippen MR) is 82.3 cm³/mol. The smallest absolute Gasteiger partial charge is 0.182 e. The zero-order chi connectivity index (χ0) is 14.3. The molecule has 1 saturated carbocycles. The van der Waals surface area contributed by atoms with E-state index in [2.05, 4.69) is 62.2 Å². The van der Waals surface area contributed by atoms with Gasteiger partial charge in [0.15, 0.2) is 11.5 Å². The highest BCUT2D eigenvalue weighted by Crippen LogP contribution is 2.48. The Morgan fingerprint density at radius 3 is 2.71 bits per heavy atom. The molecule has 0 saturated heterocycles. The first-order valence-corrected chi connectivity index (χ1v) is 7.19. The summed E-state index contributed by atoms with van der Waals surface area (Å²) in [6.45, 7) is 0.960. The second kappa shape index (κ2) is 4.55. The lowest BCUT2D eigenvalue weighted by Crippen LogP contribution is -2.30. The van der Waals surface area contributed by atoms with Gasteiger partial charge in [0.05, 0.1) is 6.33 Å². The second-order valence-corrected chi connectivity index (χ2v) is 5.80. The first-order valence-electron chi connectivity index (χ1n) is 7.19. The van der Waals surface area contributed by atoms with E-state index in [1.807, 2.05) is 0 Å². The van der Waals surface area contributed by atoms with Gasteiger partial charge in [0.1, 0.15) is 11.8 Å². The van der Waals surface area contributed by atoms with Crippen molar-refractivity contribution in [1.29, 1.82) is 0 Å². The molecule has 1 N–H and O–H groups in total. The van der Waals surface area contributed by atoms with Gasteiger partial charge in [-0.1, -0.05) is 30.3 Å². The van der Waals surface area contributed by atoms with E-state index in [9.17, 15) is 0 Å². The molecular weight excluding hydrogens is 262 g/mol. The minimum Gasteiger partial charge on any atom is -0.357 e. The van der Waals surface area contributed by atoms with Crippen LogP contribution in [0.4, 0.5) is 5.82 Å². The highest BCUT2D eigenvalue weighted by Gasteiger charge is 2.45. The fraction of sp³-hybridized carbons (Fsp3) is 0.312. The third-order valence-corrected chi connectivity index (χ3v) is 4.34. The molecule has 1 aromatic carbocycles. The molecule has 0 unspecified atom stereocenters. The summed E-state index contributed by atoms with van der Waals surface area (Å²) in [5.41, 5.74) is 3.32. The Morgan fingerprint density at radius 1 is 1.14 bits per heavy atom. The van der Waals surface area contributed by atoms with E-state index < -0.39 is 0 Å². The summed E-state index contributed by atoms with van der Waals surface area (Å²) in [6, 6.07) is 10.8. The van der Waals surface area contributed by atoms with Crippen LogP contribution in [0, 0.1) is 0 Å². The van der Waals surface area contributed by atoms with Crippen molar-refractivity contribution in [2.24, 2.45) is 0 Å². The van der Waals surface area contributed by atoms with E-state index in [1.54, 1.807) is 12.7 Å². The van der Waals surface area contributed by atoms with Crippen molar-refractivity contribution in [3.63, 3.8) is 0 Å². The molecule has 0 bridgehead atoms. The highest BCUT2D eigenvalue weighted by molar-refractivity contribution is 5.82. The molecule has 0 radical (unpaired) electrons. The molecule has 5 nitrogen and oxygen atoms in total. The van der Waals surface area contributed by atoms with Gasteiger partial charge >= 0.3 is 0 Å². The van der Waals surface area contributed by atoms with Gasteiger partial charge in [-0.05, 0) is 18.4 Å². The lowest BCUT2D eigenvalue weighted by Gasteiger charge is -2.25. The number of anilines is 1. The number of hydrogen-bond acceptors (Lipinski definition) is 4. The molecule has 0 spiro atoms. The fourth-order valence-electron chi connectivity index (χ4n) is 3.05. The van der Waals surface area contributed by atoms with Crippen molar-refractivity contribution in [2.75, 3.05) is 18.5 Å². The quantitative estimate of drug-likeness (QED) is 0.797. The number of hydrogen-bond donors (Lipinski definition) is 1. The standard InChI is InChI=1S/C16H17N5/c1-21(15-13-14(18-10-17-13)19-11-20-15)9-16(7-8-16)12-5-3-2-4-6-12/h2-6,10-11H,7-9H2,1H3,(H,17,18,19,20). The maximum Gasteiger partial charge on any atom is 0.182 e. The molecule has 106 valence electrons. The van der Waals surface area contributed by atoms with Crippen LogP contribution in [0.5, 0.6) is 0 Å². The Balaban J connectivity index is 1.64. The predicted octanol–water partition coefficient (Wildman–Crippen LogP) is 2.52. The van der Waals surface area contributed by atoms with Gasteiger partial charge in [0, 0.05) is 19.0 Å². The van der Waals surface area contributed by atoms with E-state index in [0.29, 0.717) is 0 Å². The topological polar surface area (TPSA) is 57.7 Å². The van der Waals surface area contributed by atoms with E-state index in [1.165, 1.54) is 18.4 Å². The number of fused-ring (bicyclic) bond motifs is 1. The van der Waals surface area contributed by atoms with E-state index >= 15 is 0 Å². The van der Waals surface area contributed by atoms with Crippen molar-refractivity contribution in [2.45, 2.75) is 18.3 Å². The van der Waals surface area contributed by atoms with E-state index in [-0.39, 0.29) is 5.41 Å². The zero-order valence-electron chi connectivity index (χ0n) is 12.0. The van der Waals surface area contributed by atoms with Gasteiger partial charge in [-0.25, -0.2) is 15.0 Å². The van der Waals surface area contributed by atoms with Crippen LogP contribution in [0.3, 0.4) is 0 Å². The summed E-state index contributed by atoms with van der Waals surface area (Å²) >= 11 is 0. The van der Waals surface area contributed by atoms with Crippen LogP contribution < -0.4 is 4.90 Å². The lowest BCUT2D eigenvalue weighted by atomic mass is 9.95. The van der Waals surface area contributed by atoms with Gasteiger partial charge in [-0.2, -0.15) is 0 Å². The number of nitrogens with zero attached hydrogens (tertiary/aromatic N) is 4. The Hall–Kier alpha value is -2.43. The summed E-state index contributed by atoms with van der Waals surface area (Å²) in [4.78, 5) is 18.1. The SMILES string of the molecule is CN(CC1(c2ccccc2)CC1)c1ncnc2nc[nH]c12. The van der Waals surface area contributed by atoms with E-state index in [0.717, 1.165) is 23.5 Å². The number of nitrogens with one attached hydrogen (secondary N) is 1. The molecule has 4 rings (SSSR count). The maximum atomic E-state index is 4.43. The number of rotatable bonds is 4. The monoisotopic (exact) mass is 279 g/mol. The molecule has 0 atom stereocenters. The minimum atomic E-state index is 0.271. The van der Waals surface area contributed by atoms with Crippen LogP contribution in [0.25, 0.3) is 11.2 Å². The first kappa shape index (κ1) is 12.3. The Kier molecular flexibility index (Phi) is 2.67. The fourth-order valence-corrected chi connectivity index (χ4v) is 3.05. The molecule has 5 heteroatoms. The maximum absolute atomic E-state index is 4.43. The highest BCUT2D eigenvalue weighted by atomic mass is 15.2. The molecule has 0 aliphatic heterocycles. The summed E-state index contributed by atoms with van der Waals surface area (Å²) in [6.07, 6.45) is 5.72. The van der Waals surface area contributed by atoms with Crippen LogP contribution in [0.1, 0.15) is 18.4 Å². The molecule has 3 aromatic rings. The number of H-pyrrole nitrogens is 1. The molecule has 1 aliphatic rings. The number of aromatic nitrogens is 4. The normalized spacial score (nSPS) is 16.0. The van der Waals surface area contributed by atoms with Crippen LogP contribution in [-0.2, 0) is 5.41 Å². The number of benzene rings is 1. The Bertz CT molecular complexity index is 760. The Morgan fingerprint density at radius 2 is 1.95 bits per heavy atom. The number of imidazole rings is 1. The first-order chi connectivity index (χ1) is 10.3. The largest absolute Gasteiger partial charge is 0.357 e. The number of aromatic amines is 1. The second-order valence-electron chi connectivity index (χ2n) is 5.80. The summed E-state index contributed by atoms with van der Waals surface area (Å²) < 4.78 is 0. The van der Waals surface area contributed by atoms with Crippen molar-refractivity contribution < 1.29 is 0 Å². The third kappa shape index (κ3) is 2.05. The minimum absolute atomic E-state index is 0.271. The average molecular weight is 279 g/mol. The molecule has 2 heterocycles. The molecule has 1 fully saturated rings. The lowest BCUT2D eigenvalue weighted by molar-refractivity contribution is 0.669. The third-order valence-electron chi connectivity index (χ3n) is 4.34. The molecule has 1 aliphatic carbocycles. The summed E-state index contributed by atoms with van der Waals surface area (Å²) in [7, 11) is 2.09. The van der Waals surface area contributed by atoms with Crippen LogP contribution in [-0.4, -0.2) is 33.5 Å². The van der Waals surface area contributed by atoms with Crippen molar-refractivity contribution in [3.05, 3.63) is 48.5 Å². The average Bonchev–Trinajstić information content (AvgIpc) is 3.14. The van der Waals surface area contributed by atoms with Gasteiger partial charge in [0.25, 0.3) is 0 Å². The van der Waals surface area contributed by atoms with Crippen molar-refractivity contribution in [1.82, 2.24) is 19.9 Å². The van der Waals surface area contributed by atoms with Gasteiger partial charge in [-0.3, -0.25) is 0 Å². The van der Waals surface area contributed by atoms with Crippen LogP contribution in [0.2, 0.25) is 0 Å². The van der Waals surface area contributed by atoms with Gasteiger partial charge in [0.2, 0.25) is 0 Å². The van der Waals surface area contributed by atoms with Crippen LogP contribution >= 0.6 is 0 Å². The van der Waals surface area contributed by atoms with E-state index in [4.69, 9.17) is 0 Å². The summed E-state index contributed by atoms with van der Waals surface area (Å²) in [5.74, 6) is 0.916. The molecular formula is C16H17N5. The molecule has 2 aromatic heterocycles. The van der Waals surface area contributed by atoms with Crippen molar-refractivity contribution in [3.8, 4) is 0 Å².